The van der Waals surface area contributed by atoms with Gasteiger partial charge in [0.15, 0.2) is 0 Å². The summed E-state index contributed by atoms with van der Waals surface area (Å²) in [4.78, 5) is 19.0. The first-order valence-corrected chi connectivity index (χ1v) is 7.91. The SMILES string of the molecule is Cc1cc(NN)c(C(=O)N2CCC3CCCCC3C2)cn1. The van der Waals surface area contributed by atoms with Crippen LogP contribution in [0.4, 0.5) is 5.69 Å². The summed E-state index contributed by atoms with van der Waals surface area (Å²) in [7, 11) is 0. The maximum Gasteiger partial charge on any atom is 0.257 e. The van der Waals surface area contributed by atoms with E-state index in [0.717, 1.165) is 31.1 Å². The van der Waals surface area contributed by atoms with Crippen molar-refractivity contribution in [2.75, 3.05) is 18.5 Å². The van der Waals surface area contributed by atoms with Gasteiger partial charge in [-0.05, 0) is 37.7 Å². The minimum atomic E-state index is 0.0551. The van der Waals surface area contributed by atoms with Gasteiger partial charge in [0, 0.05) is 25.0 Å². The van der Waals surface area contributed by atoms with Crippen LogP contribution in [0.1, 0.15) is 48.2 Å². The molecule has 5 heteroatoms. The maximum atomic E-state index is 12.8. The van der Waals surface area contributed by atoms with Crippen LogP contribution < -0.4 is 11.3 Å². The van der Waals surface area contributed by atoms with E-state index in [-0.39, 0.29) is 5.91 Å². The molecule has 2 aliphatic rings. The lowest BCUT2D eigenvalue weighted by Gasteiger charge is -2.41. The average molecular weight is 288 g/mol. The number of likely N-dealkylation sites (tertiary alicyclic amines) is 1. The van der Waals surface area contributed by atoms with Crippen molar-refractivity contribution in [1.29, 1.82) is 0 Å². The van der Waals surface area contributed by atoms with Gasteiger partial charge in [0.25, 0.3) is 5.91 Å². The molecule has 1 aromatic heterocycles. The summed E-state index contributed by atoms with van der Waals surface area (Å²) in [5.41, 5.74) is 4.72. The lowest BCUT2D eigenvalue weighted by Crippen LogP contribution is -2.45. The average Bonchev–Trinajstić information content (AvgIpc) is 2.53. The second kappa shape index (κ2) is 6.02. The van der Waals surface area contributed by atoms with E-state index in [2.05, 4.69) is 10.4 Å². The molecule has 2 atom stereocenters. The Hall–Kier alpha value is -1.62. The van der Waals surface area contributed by atoms with Gasteiger partial charge in [0.1, 0.15) is 0 Å². The lowest BCUT2D eigenvalue weighted by atomic mass is 9.75. The molecule has 1 amide bonds. The highest BCUT2D eigenvalue weighted by Gasteiger charge is 2.33. The number of nitrogens with two attached hydrogens (primary N) is 1. The van der Waals surface area contributed by atoms with Crippen molar-refractivity contribution in [2.45, 2.75) is 39.0 Å². The van der Waals surface area contributed by atoms with E-state index in [0.29, 0.717) is 17.2 Å². The number of rotatable bonds is 2. The van der Waals surface area contributed by atoms with Crippen LogP contribution in [-0.4, -0.2) is 28.9 Å². The number of hydrogen-bond acceptors (Lipinski definition) is 4. The molecule has 2 heterocycles. The molecule has 0 aromatic carbocycles. The van der Waals surface area contributed by atoms with Crippen LogP contribution in [0.25, 0.3) is 0 Å². The Labute approximate surface area is 125 Å². The number of nitrogens with zero attached hydrogens (tertiary/aromatic N) is 2. The molecule has 5 nitrogen and oxygen atoms in total. The van der Waals surface area contributed by atoms with E-state index in [4.69, 9.17) is 5.84 Å². The predicted octanol–water partition coefficient (Wildman–Crippen LogP) is 2.33. The Bertz CT molecular complexity index is 531. The van der Waals surface area contributed by atoms with Crippen molar-refractivity contribution in [3.63, 3.8) is 0 Å². The largest absolute Gasteiger partial charge is 0.338 e. The van der Waals surface area contributed by atoms with Crippen molar-refractivity contribution in [2.24, 2.45) is 17.7 Å². The zero-order valence-corrected chi connectivity index (χ0v) is 12.6. The molecule has 2 fully saturated rings. The van der Waals surface area contributed by atoms with Crippen LogP contribution in [0.15, 0.2) is 12.3 Å². The van der Waals surface area contributed by atoms with Crippen molar-refractivity contribution >= 4 is 11.6 Å². The number of hydrogen-bond donors (Lipinski definition) is 2. The summed E-state index contributed by atoms with van der Waals surface area (Å²) in [6, 6.07) is 1.82. The third kappa shape index (κ3) is 2.88. The monoisotopic (exact) mass is 288 g/mol. The topological polar surface area (TPSA) is 71.2 Å². The van der Waals surface area contributed by atoms with Gasteiger partial charge in [-0.2, -0.15) is 0 Å². The van der Waals surface area contributed by atoms with Gasteiger partial charge in [0.05, 0.1) is 11.3 Å². The lowest BCUT2D eigenvalue weighted by molar-refractivity contribution is 0.0521. The first-order chi connectivity index (χ1) is 10.2. The molecule has 0 radical (unpaired) electrons. The van der Waals surface area contributed by atoms with Gasteiger partial charge >= 0.3 is 0 Å². The number of hydrazine groups is 1. The zero-order valence-electron chi connectivity index (χ0n) is 12.6. The Morgan fingerprint density at radius 3 is 2.86 bits per heavy atom. The molecule has 1 aromatic rings. The van der Waals surface area contributed by atoms with Crippen LogP contribution in [0.2, 0.25) is 0 Å². The molecule has 0 bridgehead atoms. The smallest absolute Gasteiger partial charge is 0.257 e. The number of nitrogens with one attached hydrogen (secondary N) is 1. The quantitative estimate of drug-likeness (QED) is 0.647. The van der Waals surface area contributed by atoms with E-state index >= 15 is 0 Å². The minimum Gasteiger partial charge on any atom is -0.338 e. The zero-order chi connectivity index (χ0) is 14.8. The number of nitrogen functional groups attached to an aromatic ring is 1. The fourth-order valence-electron chi connectivity index (χ4n) is 3.81. The van der Waals surface area contributed by atoms with Gasteiger partial charge in [-0.1, -0.05) is 19.3 Å². The van der Waals surface area contributed by atoms with Crippen LogP contribution in [-0.2, 0) is 0 Å². The number of aromatic nitrogens is 1. The van der Waals surface area contributed by atoms with E-state index in [9.17, 15) is 4.79 Å². The summed E-state index contributed by atoms with van der Waals surface area (Å²) in [5.74, 6) is 7.11. The Kier molecular flexibility index (Phi) is 4.10. The molecule has 3 rings (SSSR count). The number of pyridine rings is 1. The second-order valence-corrected chi connectivity index (χ2v) is 6.36. The van der Waals surface area contributed by atoms with Gasteiger partial charge in [-0.3, -0.25) is 15.6 Å². The van der Waals surface area contributed by atoms with Crippen LogP contribution >= 0.6 is 0 Å². The van der Waals surface area contributed by atoms with Gasteiger partial charge in [-0.15, -0.1) is 0 Å². The van der Waals surface area contributed by atoms with Crippen molar-refractivity contribution in [3.8, 4) is 0 Å². The highest BCUT2D eigenvalue weighted by Crippen LogP contribution is 2.36. The van der Waals surface area contributed by atoms with Gasteiger partial charge < -0.3 is 10.3 Å². The Morgan fingerprint density at radius 2 is 2.10 bits per heavy atom. The summed E-state index contributed by atoms with van der Waals surface area (Å²) in [5, 5.41) is 0. The van der Waals surface area contributed by atoms with E-state index in [1.165, 1.54) is 25.7 Å². The Balaban J connectivity index is 1.76. The number of piperidine rings is 1. The summed E-state index contributed by atoms with van der Waals surface area (Å²) in [6.07, 6.45) is 8.06. The molecular weight excluding hydrogens is 264 g/mol. The molecule has 1 aliphatic carbocycles. The summed E-state index contributed by atoms with van der Waals surface area (Å²) >= 11 is 0. The van der Waals surface area contributed by atoms with E-state index in [1.807, 2.05) is 17.9 Å². The van der Waals surface area contributed by atoms with Crippen LogP contribution in [0.5, 0.6) is 0 Å². The Morgan fingerprint density at radius 1 is 1.33 bits per heavy atom. The van der Waals surface area contributed by atoms with Gasteiger partial charge in [0.2, 0.25) is 0 Å². The molecular formula is C16H24N4O. The molecule has 21 heavy (non-hydrogen) atoms. The van der Waals surface area contributed by atoms with E-state index in [1.54, 1.807) is 6.20 Å². The van der Waals surface area contributed by atoms with Crippen molar-refractivity contribution < 1.29 is 4.79 Å². The molecule has 2 unspecified atom stereocenters. The number of aryl methyl sites for hydroxylation is 1. The number of carbonyl (C=O) groups is 1. The molecule has 114 valence electrons. The standard InChI is InChI=1S/C16H24N4O/c1-11-8-15(19-17)14(9-18-11)16(21)20-7-6-12-4-2-3-5-13(12)10-20/h8-9,12-13H,2-7,10,17H2,1H3,(H,18,19). The maximum absolute atomic E-state index is 12.8. The number of carbonyl (C=O) groups excluding carboxylic acids is 1. The fourth-order valence-corrected chi connectivity index (χ4v) is 3.81. The molecule has 1 aliphatic heterocycles. The van der Waals surface area contributed by atoms with Crippen molar-refractivity contribution in [3.05, 3.63) is 23.5 Å². The number of fused-ring (bicyclic) bond motifs is 1. The number of anilines is 1. The van der Waals surface area contributed by atoms with Crippen LogP contribution in [0, 0.1) is 18.8 Å². The summed E-state index contributed by atoms with van der Waals surface area (Å²) < 4.78 is 0. The first-order valence-electron chi connectivity index (χ1n) is 7.91. The predicted molar refractivity (Wildman–Crippen MR) is 82.8 cm³/mol. The number of amides is 1. The third-order valence-electron chi connectivity index (χ3n) is 5.01. The van der Waals surface area contributed by atoms with Crippen molar-refractivity contribution in [1.82, 2.24) is 9.88 Å². The van der Waals surface area contributed by atoms with Gasteiger partial charge in [-0.25, -0.2) is 0 Å². The highest BCUT2D eigenvalue weighted by molar-refractivity contribution is 5.99. The molecule has 1 saturated heterocycles. The summed E-state index contributed by atoms with van der Waals surface area (Å²) in [6.45, 7) is 3.64. The molecule has 3 N–H and O–H groups in total. The van der Waals surface area contributed by atoms with E-state index < -0.39 is 0 Å². The third-order valence-corrected chi connectivity index (χ3v) is 5.01. The normalized spacial score (nSPS) is 25.3. The minimum absolute atomic E-state index is 0.0551. The van der Waals surface area contributed by atoms with Crippen LogP contribution in [0.3, 0.4) is 0 Å². The molecule has 1 saturated carbocycles. The fraction of sp³-hybridized carbons (Fsp3) is 0.625. The highest BCUT2D eigenvalue weighted by atomic mass is 16.2. The second-order valence-electron chi connectivity index (χ2n) is 6.36. The first kappa shape index (κ1) is 14.3. The molecule has 0 spiro atoms.